The summed E-state index contributed by atoms with van der Waals surface area (Å²) in [6, 6.07) is 0.592. The van der Waals surface area contributed by atoms with Gasteiger partial charge in [-0.2, -0.15) is 0 Å². The number of rotatable bonds is 8. The minimum Gasteiger partial charge on any atom is -0.314 e. The van der Waals surface area contributed by atoms with Gasteiger partial charge in [0.05, 0.1) is 0 Å². The Morgan fingerprint density at radius 1 is 1.54 bits per heavy atom. The smallest absolute Gasteiger partial charge is 0.0104 e. The second kappa shape index (κ2) is 8.06. The predicted octanol–water partition coefficient (Wildman–Crippen LogP) is 3.29. The van der Waals surface area contributed by atoms with Crippen molar-refractivity contribution in [3.8, 4) is 0 Å². The summed E-state index contributed by atoms with van der Waals surface area (Å²) in [7, 11) is 0. The molecule has 1 N–H and O–H groups in total. The number of hydrogen-bond donors (Lipinski definition) is 1. The topological polar surface area (TPSA) is 12.0 Å². The molecular weight excluding hydrogens is 158 g/mol. The first-order valence-corrected chi connectivity index (χ1v) is 5.19. The highest BCUT2D eigenvalue weighted by Gasteiger charge is 2.04. The van der Waals surface area contributed by atoms with Gasteiger partial charge in [-0.1, -0.05) is 18.6 Å². The van der Waals surface area contributed by atoms with Crippen LogP contribution in [0.3, 0.4) is 0 Å². The fourth-order valence-corrected chi connectivity index (χ4v) is 1.27. The van der Waals surface area contributed by atoms with Crippen LogP contribution >= 0.6 is 0 Å². The van der Waals surface area contributed by atoms with Gasteiger partial charge in [-0.25, -0.2) is 0 Å². The van der Waals surface area contributed by atoms with Crippen LogP contribution in [0.15, 0.2) is 24.8 Å². The molecule has 0 fully saturated rings. The predicted molar refractivity (Wildman–Crippen MR) is 60.9 cm³/mol. The van der Waals surface area contributed by atoms with E-state index < -0.39 is 0 Å². The first-order valence-electron chi connectivity index (χ1n) is 5.19. The monoisotopic (exact) mass is 181 g/mol. The summed E-state index contributed by atoms with van der Waals surface area (Å²) in [4.78, 5) is 0. The molecule has 13 heavy (non-hydrogen) atoms. The zero-order valence-corrected chi connectivity index (χ0v) is 9.10. The van der Waals surface area contributed by atoms with E-state index in [2.05, 4.69) is 32.3 Å². The number of hydrogen-bond acceptors (Lipinski definition) is 1. The average molecular weight is 181 g/mol. The quantitative estimate of drug-likeness (QED) is 0.567. The molecule has 0 bridgehead atoms. The molecule has 0 saturated carbocycles. The second-order valence-electron chi connectivity index (χ2n) is 3.67. The van der Waals surface area contributed by atoms with E-state index in [0.717, 1.165) is 19.4 Å². The van der Waals surface area contributed by atoms with E-state index in [1.165, 1.54) is 18.4 Å². The molecule has 1 nitrogen and oxygen atoms in total. The molecule has 0 aromatic heterocycles. The zero-order valence-electron chi connectivity index (χ0n) is 9.10. The maximum absolute atomic E-state index is 3.91. The van der Waals surface area contributed by atoms with Gasteiger partial charge in [-0.05, 0) is 39.2 Å². The molecule has 0 aromatic carbocycles. The van der Waals surface area contributed by atoms with Gasteiger partial charge in [-0.15, -0.1) is 13.2 Å². The molecule has 0 aliphatic rings. The van der Waals surface area contributed by atoms with Crippen molar-refractivity contribution in [3.05, 3.63) is 24.8 Å². The van der Waals surface area contributed by atoms with Crippen molar-refractivity contribution in [1.82, 2.24) is 5.32 Å². The summed E-state index contributed by atoms with van der Waals surface area (Å²) >= 11 is 0. The third-order valence-corrected chi connectivity index (χ3v) is 2.05. The highest BCUT2D eigenvalue weighted by molar-refractivity contribution is 4.90. The van der Waals surface area contributed by atoms with Crippen LogP contribution in [-0.2, 0) is 0 Å². The van der Waals surface area contributed by atoms with Crippen molar-refractivity contribution in [1.29, 1.82) is 0 Å². The van der Waals surface area contributed by atoms with Crippen molar-refractivity contribution in [3.63, 3.8) is 0 Å². The molecule has 0 aliphatic carbocycles. The summed E-state index contributed by atoms with van der Waals surface area (Å²) in [5, 5.41) is 3.51. The molecule has 0 radical (unpaired) electrons. The summed E-state index contributed by atoms with van der Waals surface area (Å²) in [5.41, 5.74) is 1.27. The summed E-state index contributed by atoms with van der Waals surface area (Å²) in [6.07, 6.45) is 6.55. The Bertz CT molecular complexity index is 149. The van der Waals surface area contributed by atoms with Crippen LogP contribution in [0.2, 0.25) is 0 Å². The van der Waals surface area contributed by atoms with E-state index in [0.29, 0.717) is 6.04 Å². The Hall–Kier alpha value is -0.560. The van der Waals surface area contributed by atoms with Gasteiger partial charge >= 0.3 is 0 Å². The van der Waals surface area contributed by atoms with Crippen LogP contribution in [0.5, 0.6) is 0 Å². The largest absolute Gasteiger partial charge is 0.314 e. The molecule has 0 aliphatic heterocycles. The Morgan fingerprint density at radius 2 is 2.23 bits per heavy atom. The molecule has 0 spiro atoms. The third kappa shape index (κ3) is 7.79. The van der Waals surface area contributed by atoms with E-state index in [4.69, 9.17) is 0 Å². The minimum atomic E-state index is 0.592. The first-order chi connectivity index (χ1) is 6.20. The molecule has 0 amide bonds. The van der Waals surface area contributed by atoms with E-state index in [-0.39, 0.29) is 0 Å². The molecule has 0 saturated heterocycles. The van der Waals surface area contributed by atoms with Crippen LogP contribution in [0.25, 0.3) is 0 Å². The van der Waals surface area contributed by atoms with Gasteiger partial charge < -0.3 is 5.32 Å². The van der Waals surface area contributed by atoms with Crippen LogP contribution in [0.1, 0.15) is 39.5 Å². The van der Waals surface area contributed by atoms with Gasteiger partial charge in [-0.3, -0.25) is 0 Å². The lowest BCUT2D eigenvalue weighted by Gasteiger charge is -2.16. The molecule has 0 aromatic rings. The van der Waals surface area contributed by atoms with Gasteiger partial charge in [0.1, 0.15) is 0 Å². The standard InChI is InChI=1S/C12H23N/c1-5-7-12(13-10-6-2)9-8-11(3)4/h5,12-13H,1,3,6-10H2,2,4H3. The van der Waals surface area contributed by atoms with Crippen molar-refractivity contribution < 1.29 is 0 Å². The Labute approximate surface area is 82.9 Å². The summed E-state index contributed by atoms with van der Waals surface area (Å²) in [5.74, 6) is 0. The van der Waals surface area contributed by atoms with Crippen molar-refractivity contribution >= 4 is 0 Å². The van der Waals surface area contributed by atoms with Crippen LogP contribution in [-0.4, -0.2) is 12.6 Å². The Kier molecular flexibility index (Phi) is 7.71. The van der Waals surface area contributed by atoms with E-state index >= 15 is 0 Å². The molecule has 0 heterocycles. The van der Waals surface area contributed by atoms with Crippen LogP contribution < -0.4 is 5.32 Å². The van der Waals surface area contributed by atoms with Crippen molar-refractivity contribution in [2.45, 2.75) is 45.6 Å². The zero-order chi connectivity index (χ0) is 10.1. The Balaban J connectivity index is 3.65. The van der Waals surface area contributed by atoms with Gasteiger partial charge in [0.25, 0.3) is 0 Å². The van der Waals surface area contributed by atoms with Gasteiger partial charge in [0, 0.05) is 6.04 Å². The number of nitrogens with one attached hydrogen (secondary N) is 1. The van der Waals surface area contributed by atoms with Crippen LogP contribution in [0.4, 0.5) is 0 Å². The molecule has 1 heteroatoms. The lowest BCUT2D eigenvalue weighted by Crippen LogP contribution is -2.29. The maximum Gasteiger partial charge on any atom is 0.0104 e. The number of allylic oxidation sites excluding steroid dienone is 1. The van der Waals surface area contributed by atoms with E-state index in [1.54, 1.807) is 0 Å². The highest BCUT2D eigenvalue weighted by atomic mass is 14.9. The first kappa shape index (κ1) is 12.4. The summed E-state index contributed by atoms with van der Waals surface area (Å²) < 4.78 is 0. The minimum absolute atomic E-state index is 0.592. The SMILES string of the molecule is C=CCC(CCC(=C)C)NCCC. The average Bonchev–Trinajstić information content (AvgIpc) is 2.09. The van der Waals surface area contributed by atoms with Gasteiger partial charge in [0.15, 0.2) is 0 Å². The van der Waals surface area contributed by atoms with Crippen LogP contribution in [0, 0.1) is 0 Å². The fourth-order valence-electron chi connectivity index (χ4n) is 1.27. The molecule has 76 valence electrons. The van der Waals surface area contributed by atoms with Crippen molar-refractivity contribution in [2.75, 3.05) is 6.54 Å². The van der Waals surface area contributed by atoms with E-state index in [1.807, 2.05) is 6.08 Å². The lowest BCUT2D eigenvalue weighted by atomic mass is 10.0. The third-order valence-electron chi connectivity index (χ3n) is 2.05. The normalized spacial score (nSPS) is 12.5. The lowest BCUT2D eigenvalue weighted by molar-refractivity contribution is 0.484. The maximum atomic E-state index is 3.91. The van der Waals surface area contributed by atoms with Gasteiger partial charge in [0.2, 0.25) is 0 Å². The molecular formula is C12H23N. The molecule has 0 rings (SSSR count). The molecule has 1 atom stereocenters. The summed E-state index contributed by atoms with van der Waals surface area (Å²) in [6.45, 7) is 13.1. The highest BCUT2D eigenvalue weighted by Crippen LogP contribution is 2.07. The second-order valence-corrected chi connectivity index (χ2v) is 3.67. The Morgan fingerprint density at radius 3 is 2.69 bits per heavy atom. The van der Waals surface area contributed by atoms with Crippen molar-refractivity contribution in [2.24, 2.45) is 0 Å². The molecule has 1 unspecified atom stereocenters. The van der Waals surface area contributed by atoms with E-state index in [9.17, 15) is 0 Å². The fraction of sp³-hybridized carbons (Fsp3) is 0.667.